The molecular weight excluding hydrogens is 440 g/mol. The van der Waals surface area contributed by atoms with Crippen molar-refractivity contribution >= 4 is 44.4 Å². The smallest absolute Gasteiger partial charge is 0.417 e. The molecule has 168 valence electrons. The lowest BCUT2D eigenvalue weighted by atomic mass is 10.1. The average molecular weight is 463 g/mol. The Balaban J connectivity index is 1.45. The maximum atomic E-state index is 13.3. The molecule has 0 bridgehead atoms. The van der Waals surface area contributed by atoms with Gasteiger partial charge in [0.05, 0.1) is 17.8 Å². The Morgan fingerprint density at radius 1 is 1.24 bits per heavy atom. The van der Waals surface area contributed by atoms with Gasteiger partial charge in [0.1, 0.15) is 11.4 Å². The van der Waals surface area contributed by atoms with Crippen LogP contribution in [0.5, 0.6) is 5.75 Å². The summed E-state index contributed by atoms with van der Waals surface area (Å²) in [5.74, 6) is 0.0769. The maximum Gasteiger partial charge on any atom is 0.417 e. The van der Waals surface area contributed by atoms with E-state index in [2.05, 4.69) is 15.3 Å². The maximum absolute atomic E-state index is 13.3. The second kappa shape index (κ2) is 8.25. The van der Waals surface area contributed by atoms with E-state index in [-0.39, 0.29) is 5.91 Å². The van der Waals surface area contributed by atoms with Crippen molar-refractivity contribution in [3.63, 3.8) is 0 Å². The van der Waals surface area contributed by atoms with Crippen LogP contribution in [0.15, 0.2) is 51.0 Å². The molecule has 0 saturated carbocycles. The third kappa shape index (κ3) is 3.70. The minimum atomic E-state index is -0.497. The van der Waals surface area contributed by atoms with Crippen LogP contribution in [0.25, 0.3) is 33.3 Å². The number of hydrogen-bond acceptors (Lipinski definition) is 6. The van der Waals surface area contributed by atoms with Crippen LogP contribution in [0.3, 0.4) is 0 Å². The number of carbonyl (C=O) groups excluding carboxylic acids is 1. The first-order chi connectivity index (χ1) is 16.0. The summed E-state index contributed by atoms with van der Waals surface area (Å²) >= 11 is 1.34. The largest absolute Gasteiger partial charge is 0.494 e. The summed E-state index contributed by atoms with van der Waals surface area (Å²) in [7, 11) is 0. The second-order valence-electron chi connectivity index (χ2n) is 7.55. The number of carbonyl (C=O) groups is 1. The molecule has 1 amide bonds. The topological polar surface area (TPSA) is 102 Å². The number of oxazole rings is 1. The van der Waals surface area contributed by atoms with E-state index in [4.69, 9.17) is 9.15 Å². The monoisotopic (exact) mass is 462 g/mol. The van der Waals surface area contributed by atoms with Crippen molar-refractivity contribution in [2.24, 2.45) is 0 Å². The number of amides is 1. The number of fused-ring (bicyclic) bond motifs is 2. The number of aryl methyl sites for hydroxylation is 2. The predicted octanol–water partition coefficient (Wildman–Crippen LogP) is 5.18. The fraction of sp³-hybridized carbons (Fsp3) is 0.208. The van der Waals surface area contributed by atoms with E-state index in [1.54, 1.807) is 12.1 Å². The van der Waals surface area contributed by atoms with Gasteiger partial charge in [0.25, 0.3) is 5.91 Å². The number of H-pyrrole nitrogens is 1. The summed E-state index contributed by atoms with van der Waals surface area (Å²) in [6.45, 7) is 7.16. The molecule has 8 nitrogen and oxygen atoms in total. The van der Waals surface area contributed by atoms with E-state index in [1.165, 1.54) is 11.3 Å². The summed E-state index contributed by atoms with van der Waals surface area (Å²) in [5, 5.41) is 6.29. The zero-order chi connectivity index (χ0) is 23.1. The number of aromatic nitrogens is 3. The molecule has 2 N–H and O–H groups in total. The third-order valence-corrected chi connectivity index (χ3v) is 6.33. The van der Waals surface area contributed by atoms with Gasteiger partial charge >= 0.3 is 5.76 Å². The van der Waals surface area contributed by atoms with E-state index in [9.17, 15) is 9.59 Å². The van der Waals surface area contributed by atoms with Gasteiger partial charge in [-0.15, -0.1) is 11.3 Å². The van der Waals surface area contributed by atoms with Gasteiger partial charge in [0, 0.05) is 28.4 Å². The number of benzene rings is 2. The molecular formula is C24H22N4O4S. The number of hydrogen-bond donors (Lipinski definition) is 2. The zero-order valence-corrected chi connectivity index (χ0v) is 19.2. The van der Waals surface area contributed by atoms with Crippen LogP contribution in [0.4, 0.5) is 5.13 Å². The first kappa shape index (κ1) is 21.0. The van der Waals surface area contributed by atoms with Crippen LogP contribution in [0.2, 0.25) is 0 Å². The summed E-state index contributed by atoms with van der Waals surface area (Å²) in [6, 6.07) is 11.3. The zero-order valence-electron chi connectivity index (χ0n) is 18.4. The van der Waals surface area contributed by atoms with Crippen LogP contribution >= 0.6 is 11.3 Å². The number of nitrogens with one attached hydrogen (secondary N) is 2. The molecule has 9 heteroatoms. The number of thiazole rings is 1. The Labute approximate surface area is 192 Å². The number of rotatable bonds is 6. The van der Waals surface area contributed by atoms with Crippen molar-refractivity contribution in [3.8, 4) is 17.0 Å². The fourth-order valence-corrected chi connectivity index (χ4v) is 4.82. The highest BCUT2D eigenvalue weighted by Gasteiger charge is 2.21. The molecule has 0 aliphatic rings. The van der Waals surface area contributed by atoms with Crippen LogP contribution in [0, 0.1) is 6.92 Å². The van der Waals surface area contributed by atoms with Crippen molar-refractivity contribution < 1.29 is 13.9 Å². The van der Waals surface area contributed by atoms with Crippen LogP contribution < -0.4 is 15.8 Å². The van der Waals surface area contributed by atoms with E-state index in [0.29, 0.717) is 40.8 Å². The summed E-state index contributed by atoms with van der Waals surface area (Å²) in [6.07, 6.45) is 0. The van der Waals surface area contributed by atoms with Gasteiger partial charge in [-0.25, -0.2) is 9.78 Å². The van der Waals surface area contributed by atoms with Gasteiger partial charge < -0.3 is 13.7 Å². The van der Waals surface area contributed by atoms with Crippen molar-refractivity contribution in [2.45, 2.75) is 27.3 Å². The summed E-state index contributed by atoms with van der Waals surface area (Å²) < 4.78 is 12.8. The highest BCUT2D eigenvalue weighted by Crippen LogP contribution is 2.31. The summed E-state index contributed by atoms with van der Waals surface area (Å²) in [5.41, 5.74) is 5.07. The molecule has 0 spiro atoms. The lowest BCUT2D eigenvalue weighted by Crippen LogP contribution is -2.17. The Morgan fingerprint density at radius 3 is 2.88 bits per heavy atom. The van der Waals surface area contributed by atoms with Gasteiger partial charge in [-0.3, -0.25) is 15.1 Å². The normalized spacial score (nSPS) is 11.4. The van der Waals surface area contributed by atoms with Crippen molar-refractivity contribution in [1.29, 1.82) is 0 Å². The SMILES string of the molecule is CCOc1ccc2c(c1)c(C)c(C(=O)Nc1nc(-c3ccc4[nH]c(=O)oc4c3)cs1)n2CC. The van der Waals surface area contributed by atoms with Gasteiger partial charge in [-0.1, -0.05) is 6.07 Å². The van der Waals surface area contributed by atoms with E-state index in [1.807, 2.05) is 55.0 Å². The molecule has 0 atom stereocenters. The second-order valence-corrected chi connectivity index (χ2v) is 8.41. The molecule has 0 saturated heterocycles. The van der Waals surface area contributed by atoms with Crippen LogP contribution in [-0.4, -0.2) is 27.0 Å². The molecule has 3 aromatic heterocycles. The molecule has 0 aliphatic heterocycles. The lowest BCUT2D eigenvalue weighted by Gasteiger charge is -2.08. The lowest BCUT2D eigenvalue weighted by molar-refractivity contribution is 0.101. The first-order valence-electron chi connectivity index (χ1n) is 10.6. The highest BCUT2D eigenvalue weighted by atomic mass is 32.1. The first-order valence-corrected chi connectivity index (χ1v) is 11.5. The minimum absolute atomic E-state index is 0.212. The molecule has 0 aliphatic carbocycles. The van der Waals surface area contributed by atoms with E-state index < -0.39 is 5.76 Å². The van der Waals surface area contributed by atoms with E-state index in [0.717, 1.165) is 27.8 Å². The van der Waals surface area contributed by atoms with Gasteiger partial charge in [0.2, 0.25) is 0 Å². The number of aromatic amines is 1. The Morgan fingerprint density at radius 2 is 2.09 bits per heavy atom. The Hall–Kier alpha value is -3.85. The quantitative estimate of drug-likeness (QED) is 0.362. The molecule has 3 heterocycles. The van der Waals surface area contributed by atoms with Crippen molar-refractivity contribution in [1.82, 2.24) is 14.5 Å². The van der Waals surface area contributed by atoms with Crippen LogP contribution in [-0.2, 0) is 6.54 Å². The molecule has 0 radical (unpaired) electrons. The molecule has 5 aromatic rings. The Bertz CT molecular complexity index is 1560. The standard InChI is InChI=1S/C24H22N4O4S/c1-4-28-19-9-7-15(31-5-2)11-16(19)13(3)21(28)22(29)27-23-25-18(12-33-23)14-6-8-17-20(10-14)32-24(30)26-17/h6-12H,4-5H2,1-3H3,(H,26,30)(H,25,27,29). The molecule has 0 unspecified atom stereocenters. The highest BCUT2D eigenvalue weighted by molar-refractivity contribution is 7.14. The van der Waals surface area contributed by atoms with Gasteiger partial charge in [-0.05, 0) is 56.7 Å². The number of ether oxygens (including phenoxy) is 1. The van der Waals surface area contributed by atoms with E-state index >= 15 is 0 Å². The molecule has 2 aromatic carbocycles. The molecule has 0 fully saturated rings. The molecule has 33 heavy (non-hydrogen) atoms. The molecule has 5 rings (SSSR count). The average Bonchev–Trinajstić information content (AvgIpc) is 3.48. The third-order valence-electron chi connectivity index (χ3n) is 5.57. The number of nitrogens with zero attached hydrogens (tertiary/aromatic N) is 2. The van der Waals surface area contributed by atoms with Gasteiger partial charge in [-0.2, -0.15) is 0 Å². The predicted molar refractivity (Wildman–Crippen MR) is 129 cm³/mol. The minimum Gasteiger partial charge on any atom is -0.494 e. The number of anilines is 1. The van der Waals surface area contributed by atoms with Gasteiger partial charge in [0.15, 0.2) is 10.7 Å². The van der Waals surface area contributed by atoms with Crippen molar-refractivity contribution in [2.75, 3.05) is 11.9 Å². The summed E-state index contributed by atoms with van der Waals surface area (Å²) in [4.78, 5) is 31.8. The van der Waals surface area contributed by atoms with Crippen molar-refractivity contribution in [3.05, 3.63) is 63.6 Å². The van der Waals surface area contributed by atoms with Crippen LogP contribution in [0.1, 0.15) is 29.9 Å². The fourth-order valence-electron chi connectivity index (χ4n) is 4.10. The Kier molecular flexibility index (Phi) is 5.26.